The number of hydrogen-bond donors (Lipinski definition) is 0. The first-order chi connectivity index (χ1) is 20.9. The molecule has 1 aromatic carbocycles. The number of fused-ring (bicyclic) bond motifs is 2. The average molecular weight is 590 g/mol. The average Bonchev–Trinajstić information content (AvgIpc) is 3.38. The third-order valence-corrected chi connectivity index (χ3v) is 9.37. The number of amides is 1. The molecule has 1 aliphatic carbocycles. The van der Waals surface area contributed by atoms with Gasteiger partial charge in [-0.2, -0.15) is 15.2 Å². The molecule has 1 amide bonds. The van der Waals surface area contributed by atoms with Crippen LogP contribution in [0.15, 0.2) is 30.9 Å². The normalized spacial score (nSPS) is 25.6. The molecular formula is C32H40FN7O3. The lowest BCUT2D eigenvalue weighted by Gasteiger charge is -2.43. The second-order valence-corrected chi connectivity index (χ2v) is 12.1. The maximum atomic E-state index is 14.3. The van der Waals surface area contributed by atoms with E-state index in [4.69, 9.17) is 19.4 Å². The molecule has 4 atom stereocenters. The molecule has 0 saturated carbocycles. The topological polar surface area (TPSA) is 98.1 Å². The van der Waals surface area contributed by atoms with E-state index in [1.807, 2.05) is 13.1 Å². The standard InChI is InChI=1S/C32H40FN7O3/c1-4-30(41)40-15-14-38(18-24(40)11-12-34)31-25-10-9-23(39-13-5-6-21-7-8-22(33)16-27(21)39)17-26(25)35-32(36-31)43-29-20-37(2)19-28(29)42-3/h4,7-8,16,23-24,28-29H,1,5-6,9-11,13-15,17-20H2,2-3H3/t23-,24+,28+,29+/m1/s1. The van der Waals surface area contributed by atoms with Crippen LogP contribution in [0.4, 0.5) is 15.9 Å². The summed E-state index contributed by atoms with van der Waals surface area (Å²) < 4.78 is 26.5. The van der Waals surface area contributed by atoms with E-state index in [1.54, 1.807) is 24.1 Å². The Morgan fingerprint density at radius 2 is 2.02 bits per heavy atom. The Kier molecular flexibility index (Phi) is 8.50. The van der Waals surface area contributed by atoms with Crippen LogP contribution in [0.5, 0.6) is 6.01 Å². The first-order valence-electron chi connectivity index (χ1n) is 15.3. The Labute approximate surface area is 252 Å². The third kappa shape index (κ3) is 5.91. The van der Waals surface area contributed by atoms with Gasteiger partial charge in [-0.1, -0.05) is 12.6 Å². The molecule has 0 N–H and O–H groups in total. The summed E-state index contributed by atoms with van der Waals surface area (Å²) in [4.78, 5) is 31.0. The number of aryl methyl sites for hydroxylation is 1. The molecule has 0 unspecified atom stereocenters. The van der Waals surface area contributed by atoms with Crippen molar-refractivity contribution >= 4 is 17.4 Å². The number of nitrogens with zero attached hydrogens (tertiary/aromatic N) is 7. The van der Waals surface area contributed by atoms with Crippen LogP contribution in [-0.2, 0) is 28.8 Å². The zero-order chi connectivity index (χ0) is 30.1. The zero-order valence-corrected chi connectivity index (χ0v) is 25.0. The van der Waals surface area contributed by atoms with Crippen LogP contribution in [0.25, 0.3) is 0 Å². The number of methoxy groups -OCH3 is 1. The maximum absolute atomic E-state index is 14.3. The summed E-state index contributed by atoms with van der Waals surface area (Å²) in [6.07, 6.45) is 5.62. The summed E-state index contributed by atoms with van der Waals surface area (Å²) in [5.74, 6) is 0.445. The highest BCUT2D eigenvalue weighted by atomic mass is 19.1. The van der Waals surface area contributed by atoms with Crippen molar-refractivity contribution in [1.82, 2.24) is 19.8 Å². The predicted molar refractivity (Wildman–Crippen MR) is 161 cm³/mol. The lowest BCUT2D eigenvalue weighted by molar-refractivity contribution is -0.128. The van der Waals surface area contributed by atoms with E-state index in [1.165, 1.54) is 11.6 Å². The number of likely N-dealkylation sites (tertiary alicyclic amines) is 1. The molecule has 0 spiro atoms. The van der Waals surface area contributed by atoms with Gasteiger partial charge in [-0.15, -0.1) is 0 Å². The van der Waals surface area contributed by atoms with E-state index in [9.17, 15) is 14.4 Å². The van der Waals surface area contributed by atoms with E-state index in [0.717, 1.165) is 61.5 Å². The fraction of sp³-hybridized carbons (Fsp3) is 0.562. The molecule has 6 rings (SSSR count). The number of carbonyl (C=O) groups is 1. The van der Waals surface area contributed by atoms with E-state index in [0.29, 0.717) is 38.6 Å². The number of hydrogen-bond acceptors (Lipinski definition) is 9. The Balaban J connectivity index is 1.33. The number of aromatic nitrogens is 2. The van der Waals surface area contributed by atoms with Gasteiger partial charge in [-0.3, -0.25) is 9.69 Å². The SMILES string of the molecule is C=CC(=O)N1CCN(c2nc(O[C@H]3CN(C)C[C@@H]3OC)nc3c2CC[C@@H](N2CCCc4ccc(F)cc42)C3)C[C@@H]1CC#N. The number of nitriles is 1. The predicted octanol–water partition coefficient (Wildman–Crippen LogP) is 2.75. The second kappa shape index (κ2) is 12.5. The minimum absolute atomic E-state index is 0.0888. The minimum Gasteiger partial charge on any atom is -0.456 e. The van der Waals surface area contributed by atoms with Crippen LogP contribution in [0.2, 0.25) is 0 Å². The molecule has 2 aromatic rings. The molecule has 4 aliphatic rings. The van der Waals surface area contributed by atoms with Gasteiger partial charge in [0.1, 0.15) is 23.8 Å². The molecule has 10 nitrogen and oxygen atoms in total. The van der Waals surface area contributed by atoms with E-state index < -0.39 is 0 Å². The Hall–Kier alpha value is -3.75. The van der Waals surface area contributed by atoms with Crippen molar-refractivity contribution in [3.8, 4) is 12.1 Å². The Morgan fingerprint density at radius 1 is 1.19 bits per heavy atom. The fourth-order valence-corrected chi connectivity index (χ4v) is 7.23. The van der Waals surface area contributed by atoms with Crippen molar-refractivity contribution in [2.75, 3.05) is 63.2 Å². The first kappa shape index (κ1) is 29.3. The zero-order valence-electron chi connectivity index (χ0n) is 25.0. The van der Waals surface area contributed by atoms with E-state index in [-0.39, 0.29) is 42.4 Å². The van der Waals surface area contributed by atoms with Crippen LogP contribution < -0.4 is 14.5 Å². The first-order valence-corrected chi connectivity index (χ1v) is 15.3. The quantitative estimate of drug-likeness (QED) is 0.452. The number of likely N-dealkylation sites (N-methyl/N-ethyl adjacent to an activating group) is 1. The molecule has 43 heavy (non-hydrogen) atoms. The van der Waals surface area contributed by atoms with Gasteiger partial charge in [-0.05, 0) is 56.5 Å². The van der Waals surface area contributed by atoms with Crippen LogP contribution >= 0.6 is 0 Å². The van der Waals surface area contributed by atoms with Crippen LogP contribution in [-0.4, -0.2) is 103 Å². The molecule has 3 aliphatic heterocycles. The summed E-state index contributed by atoms with van der Waals surface area (Å²) in [7, 11) is 3.74. The van der Waals surface area contributed by atoms with Gasteiger partial charge in [0, 0.05) is 70.1 Å². The molecule has 4 heterocycles. The molecule has 228 valence electrons. The van der Waals surface area contributed by atoms with Crippen molar-refractivity contribution in [3.05, 3.63) is 53.5 Å². The summed E-state index contributed by atoms with van der Waals surface area (Å²) in [5.41, 5.74) is 4.22. The summed E-state index contributed by atoms with van der Waals surface area (Å²) >= 11 is 0. The van der Waals surface area contributed by atoms with Crippen molar-refractivity contribution in [2.24, 2.45) is 0 Å². The van der Waals surface area contributed by atoms with Crippen molar-refractivity contribution in [2.45, 2.75) is 62.8 Å². The minimum atomic E-state index is -0.267. The number of ether oxygens (including phenoxy) is 2. The number of rotatable bonds is 7. The molecule has 11 heteroatoms. The Bertz CT molecular complexity index is 1410. The van der Waals surface area contributed by atoms with Crippen LogP contribution in [0.3, 0.4) is 0 Å². The van der Waals surface area contributed by atoms with Crippen LogP contribution in [0.1, 0.15) is 36.1 Å². The molecule has 2 saturated heterocycles. The molecule has 0 bridgehead atoms. The van der Waals surface area contributed by atoms with Crippen molar-refractivity contribution in [1.29, 1.82) is 5.26 Å². The number of halogens is 1. The highest BCUT2D eigenvalue weighted by Gasteiger charge is 2.37. The smallest absolute Gasteiger partial charge is 0.319 e. The van der Waals surface area contributed by atoms with E-state index >= 15 is 0 Å². The third-order valence-electron chi connectivity index (χ3n) is 9.37. The highest BCUT2D eigenvalue weighted by Crippen LogP contribution is 2.37. The maximum Gasteiger partial charge on any atom is 0.319 e. The summed E-state index contributed by atoms with van der Waals surface area (Å²) in [6, 6.07) is 7.62. The van der Waals surface area contributed by atoms with Gasteiger partial charge in [-0.25, -0.2) is 4.39 Å². The second-order valence-electron chi connectivity index (χ2n) is 12.1. The van der Waals surface area contributed by atoms with Gasteiger partial charge in [0.2, 0.25) is 5.91 Å². The van der Waals surface area contributed by atoms with Gasteiger partial charge in [0.15, 0.2) is 0 Å². The lowest BCUT2D eigenvalue weighted by atomic mass is 9.88. The van der Waals surface area contributed by atoms with E-state index in [2.05, 4.69) is 27.3 Å². The van der Waals surface area contributed by atoms with Crippen LogP contribution in [0, 0.1) is 17.1 Å². The van der Waals surface area contributed by atoms with Crippen molar-refractivity contribution < 1.29 is 18.7 Å². The van der Waals surface area contributed by atoms with Crippen molar-refractivity contribution in [3.63, 3.8) is 0 Å². The monoisotopic (exact) mass is 589 g/mol. The summed E-state index contributed by atoms with van der Waals surface area (Å²) in [5, 5.41) is 9.53. The lowest BCUT2D eigenvalue weighted by Crippen LogP contribution is -2.55. The van der Waals surface area contributed by atoms with Gasteiger partial charge in [0.25, 0.3) is 0 Å². The Morgan fingerprint density at radius 3 is 2.81 bits per heavy atom. The highest BCUT2D eigenvalue weighted by molar-refractivity contribution is 5.87. The number of carbonyl (C=O) groups excluding carboxylic acids is 1. The number of piperazine rings is 1. The molecular weight excluding hydrogens is 549 g/mol. The molecule has 1 aromatic heterocycles. The van der Waals surface area contributed by atoms with Gasteiger partial charge >= 0.3 is 6.01 Å². The molecule has 2 fully saturated rings. The summed E-state index contributed by atoms with van der Waals surface area (Å²) in [6.45, 7) is 7.55. The number of anilines is 2. The van der Waals surface area contributed by atoms with Gasteiger partial charge < -0.3 is 24.2 Å². The van der Waals surface area contributed by atoms with Gasteiger partial charge in [0.05, 0.1) is 24.2 Å². The fourth-order valence-electron chi connectivity index (χ4n) is 7.23. The molecule has 0 radical (unpaired) electrons. The number of benzene rings is 1. The largest absolute Gasteiger partial charge is 0.456 e.